The normalized spacial score (nSPS) is 17.0. The second-order valence-electron chi connectivity index (χ2n) is 6.76. The van der Waals surface area contributed by atoms with Crippen LogP contribution in [0.15, 0.2) is 24.3 Å². The summed E-state index contributed by atoms with van der Waals surface area (Å²) in [6, 6.07) is 7.14. The van der Waals surface area contributed by atoms with Crippen LogP contribution < -0.4 is 5.32 Å². The molecule has 1 amide bonds. The lowest BCUT2D eigenvalue weighted by atomic mass is 9.78. The van der Waals surface area contributed by atoms with E-state index in [4.69, 9.17) is 11.6 Å². The van der Waals surface area contributed by atoms with Gasteiger partial charge in [-0.05, 0) is 44.4 Å². The third-order valence-corrected chi connectivity index (χ3v) is 6.59. The van der Waals surface area contributed by atoms with Crippen molar-refractivity contribution >= 4 is 34.8 Å². The molecule has 0 saturated heterocycles. The lowest BCUT2D eigenvalue weighted by Crippen LogP contribution is -2.43. The Balaban J connectivity index is 1.83. The van der Waals surface area contributed by atoms with E-state index in [-0.39, 0.29) is 16.8 Å². The monoisotopic (exact) mass is 392 g/mol. The smallest absolute Gasteiger partial charge is 0.347 e. The van der Waals surface area contributed by atoms with Gasteiger partial charge in [-0.15, -0.1) is 11.3 Å². The predicted octanol–water partition coefficient (Wildman–Crippen LogP) is 4.49. The molecule has 0 bridgehead atoms. The number of carboxylic acid groups (broad SMARTS) is 1. The summed E-state index contributed by atoms with van der Waals surface area (Å²) in [5, 5.41) is 13.5. The van der Waals surface area contributed by atoms with E-state index >= 15 is 0 Å². The van der Waals surface area contributed by atoms with Crippen molar-refractivity contribution in [3.8, 4) is 0 Å². The van der Waals surface area contributed by atoms with Gasteiger partial charge in [0.05, 0.1) is 17.2 Å². The van der Waals surface area contributed by atoms with Crippen molar-refractivity contribution in [2.75, 3.05) is 0 Å². The number of hydrogen-bond acceptors (Lipinski definition) is 4. The first-order valence-electron chi connectivity index (χ1n) is 8.61. The molecule has 1 aromatic heterocycles. The summed E-state index contributed by atoms with van der Waals surface area (Å²) in [6.07, 6.45) is 3.60. The lowest BCUT2D eigenvalue weighted by molar-refractivity contribution is -0.127. The molecular formula is C19H21ClN2O3S. The summed E-state index contributed by atoms with van der Waals surface area (Å²) in [6.45, 7) is 3.51. The first-order valence-corrected chi connectivity index (χ1v) is 9.80. The Kier molecular flexibility index (Phi) is 5.34. The van der Waals surface area contributed by atoms with Crippen LogP contribution in [0.2, 0.25) is 5.02 Å². The number of carboxylic acids is 1. The number of benzene rings is 1. The molecule has 2 aromatic rings. The minimum Gasteiger partial charge on any atom is -0.477 e. The maximum Gasteiger partial charge on any atom is 0.347 e. The number of thiazole rings is 1. The van der Waals surface area contributed by atoms with Gasteiger partial charge in [-0.25, -0.2) is 9.78 Å². The van der Waals surface area contributed by atoms with E-state index in [1.165, 1.54) is 0 Å². The molecule has 1 saturated carbocycles. The van der Waals surface area contributed by atoms with Crippen LogP contribution in [0.1, 0.15) is 64.6 Å². The molecule has 5 nitrogen and oxygen atoms in total. The number of halogens is 1. The van der Waals surface area contributed by atoms with E-state index in [9.17, 15) is 14.7 Å². The molecule has 0 radical (unpaired) electrons. The highest BCUT2D eigenvalue weighted by Crippen LogP contribution is 2.42. The van der Waals surface area contributed by atoms with Crippen molar-refractivity contribution in [1.82, 2.24) is 10.3 Å². The number of nitrogens with one attached hydrogen (secondary N) is 1. The second-order valence-corrected chi connectivity index (χ2v) is 8.23. The minimum absolute atomic E-state index is 0.0328. The predicted molar refractivity (Wildman–Crippen MR) is 102 cm³/mol. The number of aryl methyl sites for hydroxylation is 1. The quantitative estimate of drug-likeness (QED) is 0.785. The Morgan fingerprint density at radius 1 is 1.27 bits per heavy atom. The van der Waals surface area contributed by atoms with Crippen LogP contribution in [0.25, 0.3) is 0 Å². The Morgan fingerprint density at radius 2 is 1.88 bits per heavy atom. The fourth-order valence-corrected chi connectivity index (χ4v) is 4.63. The first-order chi connectivity index (χ1) is 12.3. The fourth-order valence-electron chi connectivity index (χ4n) is 3.59. The zero-order chi connectivity index (χ0) is 18.9. The first kappa shape index (κ1) is 18.9. The van der Waals surface area contributed by atoms with E-state index in [0.717, 1.165) is 42.6 Å². The molecule has 1 fully saturated rings. The zero-order valence-corrected chi connectivity index (χ0v) is 16.3. The van der Waals surface area contributed by atoms with E-state index in [1.54, 1.807) is 6.92 Å². The molecule has 1 aromatic carbocycles. The van der Waals surface area contributed by atoms with Gasteiger partial charge in [0.2, 0.25) is 5.91 Å². The molecule has 1 aliphatic rings. The van der Waals surface area contributed by atoms with Crippen molar-refractivity contribution in [3.05, 3.63) is 50.4 Å². The largest absolute Gasteiger partial charge is 0.477 e. The van der Waals surface area contributed by atoms with Gasteiger partial charge >= 0.3 is 5.97 Å². The summed E-state index contributed by atoms with van der Waals surface area (Å²) in [4.78, 5) is 28.9. The van der Waals surface area contributed by atoms with Gasteiger partial charge in [0, 0.05) is 5.02 Å². The second kappa shape index (κ2) is 7.37. The Labute approximate surface area is 161 Å². The van der Waals surface area contributed by atoms with Crippen LogP contribution in [0.5, 0.6) is 0 Å². The molecule has 0 aliphatic heterocycles. The van der Waals surface area contributed by atoms with Crippen molar-refractivity contribution in [2.24, 2.45) is 0 Å². The van der Waals surface area contributed by atoms with Gasteiger partial charge in [-0.1, -0.05) is 36.6 Å². The molecule has 1 unspecified atom stereocenters. The molecule has 1 aliphatic carbocycles. The van der Waals surface area contributed by atoms with E-state index in [1.807, 2.05) is 31.2 Å². The molecule has 2 N–H and O–H groups in total. The summed E-state index contributed by atoms with van der Waals surface area (Å²) < 4.78 is 0. The van der Waals surface area contributed by atoms with Crippen LogP contribution in [-0.4, -0.2) is 22.0 Å². The summed E-state index contributed by atoms with van der Waals surface area (Å²) in [7, 11) is 0. The van der Waals surface area contributed by atoms with Gasteiger partial charge in [0.15, 0.2) is 0 Å². The fraction of sp³-hybridized carbons (Fsp3) is 0.421. The van der Waals surface area contributed by atoms with Gasteiger partial charge in [0.1, 0.15) is 9.88 Å². The van der Waals surface area contributed by atoms with Crippen molar-refractivity contribution in [1.29, 1.82) is 0 Å². The Morgan fingerprint density at radius 3 is 2.42 bits per heavy atom. The van der Waals surface area contributed by atoms with Crippen LogP contribution in [0.3, 0.4) is 0 Å². The number of aromatic nitrogens is 1. The third-order valence-electron chi connectivity index (χ3n) is 5.01. The third kappa shape index (κ3) is 3.48. The van der Waals surface area contributed by atoms with Gasteiger partial charge in [-0.2, -0.15) is 0 Å². The summed E-state index contributed by atoms with van der Waals surface area (Å²) >= 11 is 7.11. The number of rotatable bonds is 5. The highest BCUT2D eigenvalue weighted by Gasteiger charge is 2.43. The standard InChI is InChI=1S/C19H21ClN2O3S/c1-11-15(17(23)24)26-16(21-11)12(2)22-18(25)19(9-3-4-10-19)13-5-7-14(20)8-6-13/h5-8,12H,3-4,9-10H2,1-2H3,(H,22,25)(H,23,24). The lowest BCUT2D eigenvalue weighted by Gasteiger charge is -2.29. The van der Waals surface area contributed by atoms with Crippen LogP contribution in [0.4, 0.5) is 0 Å². The topological polar surface area (TPSA) is 79.3 Å². The minimum atomic E-state index is -0.988. The maximum absolute atomic E-state index is 13.2. The van der Waals surface area contributed by atoms with E-state index in [2.05, 4.69) is 10.3 Å². The zero-order valence-electron chi connectivity index (χ0n) is 14.7. The molecule has 1 atom stereocenters. The van der Waals surface area contributed by atoms with Crippen LogP contribution in [-0.2, 0) is 10.2 Å². The highest BCUT2D eigenvalue weighted by atomic mass is 35.5. The number of nitrogens with zero attached hydrogens (tertiary/aromatic N) is 1. The molecule has 1 heterocycles. The summed E-state index contributed by atoms with van der Waals surface area (Å²) in [5.74, 6) is -1.02. The molecule has 7 heteroatoms. The van der Waals surface area contributed by atoms with Gasteiger partial charge < -0.3 is 10.4 Å². The molecular weight excluding hydrogens is 372 g/mol. The molecule has 3 rings (SSSR count). The maximum atomic E-state index is 13.2. The van der Waals surface area contributed by atoms with E-state index in [0.29, 0.717) is 15.7 Å². The summed E-state index contributed by atoms with van der Waals surface area (Å²) in [5.41, 5.74) is 0.901. The van der Waals surface area contributed by atoms with Gasteiger partial charge in [0.25, 0.3) is 0 Å². The average Bonchev–Trinajstić information content (AvgIpc) is 3.23. The SMILES string of the molecule is Cc1nc(C(C)NC(=O)C2(c3ccc(Cl)cc3)CCCC2)sc1C(=O)O. The van der Waals surface area contributed by atoms with Crippen LogP contribution in [0, 0.1) is 6.92 Å². The van der Waals surface area contributed by atoms with E-state index < -0.39 is 11.4 Å². The molecule has 26 heavy (non-hydrogen) atoms. The number of aromatic carboxylic acids is 1. The van der Waals surface area contributed by atoms with Gasteiger partial charge in [-0.3, -0.25) is 4.79 Å². The number of carbonyl (C=O) groups is 2. The van der Waals surface area contributed by atoms with Crippen molar-refractivity contribution in [2.45, 2.75) is 51.0 Å². The van der Waals surface area contributed by atoms with Crippen LogP contribution >= 0.6 is 22.9 Å². The van der Waals surface area contributed by atoms with Crippen molar-refractivity contribution in [3.63, 3.8) is 0 Å². The highest BCUT2D eigenvalue weighted by molar-refractivity contribution is 7.13. The Bertz CT molecular complexity index is 826. The van der Waals surface area contributed by atoms with Crippen molar-refractivity contribution < 1.29 is 14.7 Å². The molecule has 0 spiro atoms. The Hall–Kier alpha value is -1.92. The average molecular weight is 393 g/mol. The number of amides is 1. The molecule has 138 valence electrons. The number of carbonyl (C=O) groups excluding carboxylic acids is 1. The number of hydrogen-bond donors (Lipinski definition) is 2.